The second-order valence-corrected chi connectivity index (χ2v) is 4.47. The van der Waals surface area contributed by atoms with Gasteiger partial charge in [0, 0.05) is 16.3 Å². The summed E-state index contributed by atoms with van der Waals surface area (Å²) in [6.45, 7) is 0.440. The first-order valence-corrected chi connectivity index (χ1v) is 5.61. The maximum absolute atomic E-state index is 10.6. The van der Waals surface area contributed by atoms with Crippen molar-refractivity contribution in [3.05, 3.63) is 34.2 Å². The lowest BCUT2D eigenvalue weighted by molar-refractivity contribution is 0.248. The molecule has 2 amide bonds. The quantitative estimate of drug-likeness (QED) is 0.833. The Bertz CT molecular complexity index is 509. The van der Waals surface area contributed by atoms with E-state index >= 15 is 0 Å². The van der Waals surface area contributed by atoms with Gasteiger partial charge in [0.05, 0.1) is 0 Å². The van der Waals surface area contributed by atoms with Crippen LogP contribution in [0.4, 0.5) is 4.79 Å². The summed E-state index contributed by atoms with van der Waals surface area (Å²) in [5.41, 5.74) is 6.05. The highest BCUT2D eigenvalue weighted by Gasteiger charge is 2.04. The molecule has 5 heteroatoms. The third-order valence-corrected chi connectivity index (χ3v) is 3.32. The lowest BCUT2D eigenvalue weighted by Gasteiger charge is -2.00. The van der Waals surface area contributed by atoms with Crippen molar-refractivity contribution < 1.29 is 4.79 Å². The van der Waals surface area contributed by atoms with E-state index in [0.29, 0.717) is 11.6 Å². The van der Waals surface area contributed by atoms with Crippen molar-refractivity contribution in [2.24, 2.45) is 5.73 Å². The number of benzene rings is 1. The van der Waals surface area contributed by atoms with E-state index < -0.39 is 6.03 Å². The molecule has 0 saturated carbocycles. The van der Waals surface area contributed by atoms with Crippen LogP contribution in [0.1, 0.15) is 5.56 Å². The fourth-order valence-corrected chi connectivity index (χ4v) is 2.49. The Kier molecular flexibility index (Phi) is 2.79. The predicted molar refractivity (Wildman–Crippen MR) is 63.3 cm³/mol. The fourth-order valence-electron chi connectivity index (χ4n) is 1.37. The summed E-state index contributed by atoms with van der Waals surface area (Å²) >= 11 is 7.53. The van der Waals surface area contributed by atoms with Gasteiger partial charge in [-0.15, -0.1) is 11.3 Å². The molecule has 0 aliphatic carbocycles. The number of carbonyl (C=O) groups excluding carboxylic acids is 1. The average molecular weight is 241 g/mol. The number of primary amides is 1. The van der Waals surface area contributed by atoms with Gasteiger partial charge in [-0.05, 0) is 34.5 Å². The van der Waals surface area contributed by atoms with Gasteiger partial charge in [-0.25, -0.2) is 4.79 Å². The van der Waals surface area contributed by atoms with Gasteiger partial charge in [0.2, 0.25) is 0 Å². The van der Waals surface area contributed by atoms with Crippen LogP contribution in [0.15, 0.2) is 23.6 Å². The van der Waals surface area contributed by atoms with Crippen molar-refractivity contribution in [3.8, 4) is 0 Å². The first-order valence-electron chi connectivity index (χ1n) is 4.36. The molecule has 1 heterocycles. The Morgan fingerprint density at radius 1 is 1.53 bits per heavy atom. The fraction of sp³-hybridized carbons (Fsp3) is 0.100. The Morgan fingerprint density at radius 3 is 3.07 bits per heavy atom. The molecule has 0 unspecified atom stereocenters. The minimum atomic E-state index is -0.517. The zero-order valence-corrected chi connectivity index (χ0v) is 9.36. The van der Waals surface area contributed by atoms with E-state index in [-0.39, 0.29) is 0 Å². The average Bonchev–Trinajstić information content (AvgIpc) is 2.57. The maximum atomic E-state index is 10.6. The molecule has 0 saturated heterocycles. The first kappa shape index (κ1) is 10.3. The molecule has 0 spiro atoms. The van der Waals surface area contributed by atoms with E-state index in [0.717, 1.165) is 15.6 Å². The van der Waals surface area contributed by atoms with Crippen LogP contribution in [0, 0.1) is 0 Å². The second kappa shape index (κ2) is 4.08. The van der Waals surface area contributed by atoms with Gasteiger partial charge >= 0.3 is 6.03 Å². The number of nitrogens with two attached hydrogens (primary N) is 1. The SMILES string of the molecule is NC(=O)NCc1csc2ccc(Cl)cc12. The third kappa shape index (κ3) is 2.22. The van der Waals surface area contributed by atoms with Crippen LogP contribution in [0.3, 0.4) is 0 Å². The Hall–Kier alpha value is -1.26. The topological polar surface area (TPSA) is 55.1 Å². The highest BCUT2D eigenvalue weighted by Crippen LogP contribution is 2.28. The zero-order valence-electron chi connectivity index (χ0n) is 7.79. The molecule has 78 valence electrons. The second-order valence-electron chi connectivity index (χ2n) is 3.12. The molecule has 3 N–H and O–H groups in total. The molecule has 2 rings (SSSR count). The van der Waals surface area contributed by atoms with Gasteiger partial charge in [0.25, 0.3) is 0 Å². The number of carbonyl (C=O) groups is 1. The standard InChI is InChI=1S/C10H9ClN2OS/c11-7-1-2-9-8(3-7)6(5-15-9)4-13-10(12)14/h1-3,5H,4H2,(H3,12,13,14). The van der Waals surface area contributed by atoms with Crippen LogP contribution in [0.5, 0.6) is 0 Å². The predicted octanol–water partition coefficient (Wildman–Crippen LogP) is 2.72. The summed E-state index contributed by atoms with van der Waals surface area (Å²) in [7, 11) is 0. The van der Waals surface area contributed by atoms with E-state index in [4.69, 9.17) is 17.3 Å². The van der Waals surface area contributed by atoms with Crippen molar-refractivity contribution in [3.63, 3.8) is 0 Å². The maximum Gasteiger partial charge on any atom is 0.312 e. The lowest BCUT2D eigenvalue weighted by Crippen LogP contribution is -2.28. The summed E-state index contributed by atoms with van der Waals surface area (Å²) in [5.74, 6) is 0. The van der Waals surface area contributed by atoms with Crippen molar-refractivity contribution in [1.29, 1.82) is 0 Å². The number of fused-ring (bicyclic) bond motifs is 1. The molecular weight excluding hydrogens is 232 g/mol. The van der Waals surface area contributed by atoms with Crippen LogP contribution in [-0.4, -0.2) is 6.03 Å². The van der Waals surface area contributed by atoms with Gasteiger partial charge in [0.15, 0.2) is 0 Å². The number of rotatable bonds is 2. The van der Waals surface area contributed by atoms with Crippen LogP contribution < -0.4 is 11.1 Å². The van der Waals surface area contributed by atoms with Crippen LogP contribution >= 0.6 is 22.9 Å². The molecule has 1 aromatic carbocycles. The van der Waals surface area contributed by atoms with E-state index in [2.05, 4.69) is 5.32 Å². The van der Waals surface area contributed by atoms with Crippen molar-refractivity contribution in [1.82, 2.24) is 5.32 Å². The molecule has 2 aromatic rings. The monoisotopic (exact) mass is 240 g/mol. The first-order chi connectivity index (χ1) is 7.16. The summed E-state index contributed by atoms with van der Waals surface area (Å²) in [6.07, 6.45) is 0. The highest BCUT2D eigenvalue weighted by atomic mass is 35.5. The third-order valence-electron chi connectivity index (χ3n) is 2.07. The van der Waals surface area contributed by atoms with Crippen molar-refractivity contribution in [2.75, 3.05) is 0 Å². The van der Waals surface area contributed by atoms with E-state index in [1.165, 1.54) is 0 Å². The normalized spacial score (nSPS) is 10.5. The van der Waals surface area contributed by atoms with Crippen LogP contribution in [-0.2, 0) is 6.54 Å². The van der Waals surface area contributed by atoms with E-state index in [9.17, 15) is 4.79 Å². The smallest absolute Gasteiger partial charge is 0.312 e. The molecule has 1 aromatic heterocycles. The van der Waals surface area contributed by atoms with Crippen molar-refractivity contribution in [2.45, 2.75) is 6.54 Å². The Balaban J connectivity index is 2.35. The van der Waals surface area contributed by atoms with Crippen molar-refractivity contribution >= 4 is 39.1 Å². The van der Waals surface area contributed by atoms with Gasteiger partial charge in [-0.2, -0.15) is 0 Å². The Morgan fingerprint density at radius 2 is 2.33 bits per heavy atom. The lowest BCUT2D eigenvalue weighted by atomic mass is 10.2. The number of urea groups is 1. The molecular formula is C10H9ClN2OS. The summed E-state index contributed by atoms with van der Waals surface area (Å²) in [6, 6.07) is 5.20. The molecule has 0 radical (unpaired) electrons. The number of nitrogens with one attached hydrogen (secondary N) is 1. The molecule has 0 aliphatic rings. The summed E-state index contributed by atoms with van der Waals surface area (Å²) < 4.78 is 1.15. The highest BCUT2D eigenvalue weighted by molar-refractivity contribution is 7.17. The number of hydrogen-bond acceptors (Lipinski definition) is 2. The molecule has 0 fully saturated rings. The molecule has 0 atom stereocenters. The zero-order chi connectivity index (χ0) is 10.8. The molecule has 15 heavy (non-hydrogen) atoms. The summed E-state index contributed by atoms with van der Waals surface area (Å²) in [4.78, 5) is 10.6. The van der Waals surface area contributed by atoms with E-state index in [1.807, 2.05) is 23.6 Å². The van der Waals surface area contributed by atoms with Gasteiger partial charge in [0.1, 0.15) is 0 Å². The van der Waals surface area contributed by atoms with Crippen LogP contribution in [0.25, 0.3) is 10.1 Å². The molecule has 0 aliphatic heterocycles. The molecule has 3 nitrogen and oxygen atoms in total. The van der Waals surface area contributed by atoms with Crippen LogP contribution in [0.2, 0.25) is 5.02 Å². The largest absolute Gasteiger partial charge is 0.352 e. The minimum absolute atomic E-state index is 0.440. The van der Waals surface area contributed by atoms with E-state index in [1.54, 1.807) is 11.3 Å². The van der Waals surface area contributed by atoms with Gasteiger partial charge in [-0.3, -0.25) is 0 Å². The molecule has 0 bridgehead atoms. The number of halogens is 1. The minimum Gasteiger partial charge on any atom is -0.352 e. The van der Waals surface area contributed by atoms with Gasteiger partial charge < -0.3 is 11.1 Å². The van der Waals surface area contributed by atoms with Gasteiger partial charge in [-0.1, -0.05) is 11.6 Å². The Labute approximate surface area is 95.8 Å². The number of hydrogen-bond donors (Lipinski definition) is 2. The number of thiophene rings is 1. The summed E-state index contributed by atoms with van der Waals surface area (Å²) in [5, 5.41) is 6.33. The number of amides is 2.